The van der Waals surface area contributed by atoms with E-state index in [1.807, 2.05) is 12.1 Å². The molecule has 134 valence electrons. The first-order valence-corrected chi connectivity index (χ1v) is 8.82. The number of rotatable bonds is 3. The van der Waals surface area contributed by atoms with Crippen LogP contribution < -0.4 is 21.5 Å². The lowest BCUT2D eigenvalue weighted by Crippen LogP contribution is -3.00. The van der Waals surface area contributed by atoms with Crippen LogP contribution in [-0.4, -0.2) is 4.98 Å². The summed E-state index contributed by atoms with van der Waals surface area (Å²) in [7, 11) is 0. The van der Waals surface area contributed by atoms with Crippen molar-refractivity contribution in [3.63, 3.8) is 0 Å². The lowest BCUT2D eigenvalue weighted by atomic mass is 10.1. The van der Waals surface area contributed by atoms with Gasteiger partial charge in [-0.1, -0.05) is 48.0 Å². The van der Waals surface area contributed by atoms with Gasteiger partial charge in [-0.3, -0.25) is 0 Å². The number of aromatic amines is 1. The average Bonchev–Trinajstić information content (AvgIpc) is 3.31. The summed E-state index contributed by atoms with van der Waals surface area (Å²) >= 11 is 0. The van der Waals surface area contributed by atoms with Crippen LogP contribution >= 0.6 is 0 Å². The highest BCUT2D eigenvalue weighted by atomic mass is 79.9. The van der Waals surface area contributed by atoms with Gasteiger partial charge in [-0.25, -0.2) is 0 Å². The third kappa shape index (κ3) is 3.06. The summed E-state index contributed by atoms with van der Waals surface area (Å²) < 4.78 is 8.03. The highest BCUT2D eigenvalue weighted by Gasteiger charge is 2.23. The molecule has 0 atom stereocenters. The Morgan fingerprint density at radius 2 is 1.70 bits per heavy atom. The average molecular weight is 419 g/mol. The Kier molecular flexibility index (Phi) is 4.58. The van der Waals surface area contributed by atoms with Crippen molar-refractivity contribution in [2.24, 2.45) is 0 Å². The number of benzene rings is 2. The molecule has 5 aromatic rings. The summed E-state index contributed by atoms with van der Waals surface area (Å²) in [5, 5.41) is 2.45. The van der Waals surface area contributed by atoms with Crippen molar-refractivity contribution in [2.45, 2.75) is 13.5 Å². The van der Waals surface area contributed by atoms with E-state index in [4.69, 9.17) is 4.42 Å². The summed E-state index contributed by atoms with van der Waals surface area (Å²) in [6.45, 7) is 2.91. The predicted octanol–water partition coefficient (Wildman–Crippen LogP) is 2.23. The zero-order valence-corrected chi connectivity index (χ0v) is 16.5. The first kappa shape index (κ1) is 17.6. The van der Waals surface area contributed by atoms with E-state index in [-0.39, 0.29) is 17.0 Å². The number of H-pyrrole nitrogens is 1. The Bertz CT molecular complexity index is 1200. The highest BCUT2D eigenvalue weighted by Crippen LogP contribution is 2.31. The van der Waals surface area contributed by atoms with Crippen molar-refractivity contribution < 1.29 is 26.0 Å². The number of aryl methyl sites for hydroxylation is 1. The zero-order valence-electron chi connectivity index (χ0n) is 14.9. The van der Waals surface area contributed by atoms with Gasteiger partial charge in [-0.05, 0) is 25.1 Å². The van der Waals surface area contributed by atoms with Crippen LogP contribution in [0.25, 0.3) is 33.3 Å². The van der Waals surface area contributed by atoms with Crippen LogP contribution in [-0.2, 0) is 6.54 Å². The molecule has 0 saturated carbocycles. The highest BCUT2D eigenvalue weighted by molar-refractivity contribution is 6.09. The first-order chi connectivity index (χ1) is 12.8. The van der Waals surface area contributed by atoms with Gasteiger partial charge in [-0.2, -0.15) is 4.57 Å². The molecule has 0 aliphatic rings. The van der Waals surface area contributed by atoms with Crippen LogP contribution in [0.15, 0.2) is 83.6 Å². The molecular weight excluding hydrogens is 400 g/mol. The number of fused-ring (bicyclic) bond motifs is 3. The van der Waals surface area contributed by atoms with Gasteiger partial charge < -0.3 is 26.4 Å². The molecule has 1 N–H and O–H groups in total. The number of para-hydroxylation sites is 1. The second-order valence-electron chi connectivity index (χ2n) is 6.71. The van der Waals surface area contributed by atoms with Crippen molar-refractivity contribution in [2.75, 3.05) is 0 Å². The third-order valence-electron chi connectivity index (χ3n) is 4.92. The number of nitrogens with one attached hydrogen (secondary N) is 1. The predicted molar refractivity (Wildman–Crippen MR) is 104 cm³/mol. The van der Waals surface area contributed by atoms with Crippen molar-refractivity contribution in [3.05, 3.63) is 90.3 Å². The molecule has 0 aliphatic heterocycles. The molecule has 0 spiro atoms. The quantitative estimate of drug-likeness (QED) is 0.447. The number of halogens is 1. The molecule has 0 radical (unpaired) electrons. The summed E-state index contributed by atoms with van der Waals surface area (Å²) in [6, 6.07) is 23.2. The van der Waals surface area contributed by atoms with Gasteiger partial charge in [0.05, 0.1) is 6.26 Å². The second-order valence-corrected chi connectivity index (χ2v) is 6.71. The largest absolute Gasteiger partial charge is 1.00 e. The number of aromatic nitrogens is 2. The minimum atomic E-state index is 0. The molecule has 3 aromatic heterocycles. The summed E-state index contributed by atoms with van der Waals surface area (Å²) in [6.07, 6.45) is 3.88. The molecule has 3 nitrogen and oxygen atoms in total. The Labute approximate surface area is 168 Å². The number of furan rings is 1. The molecule has 2 aromatic carbocycles. The van der Waals surface area contributed by atoms with Crippen LogP contribution in [0.2, 0.25) is 0 Å². The van der Waals surface area contributed by atoms with E-state index in [2.05, 4.69) is 77.3 Å². The van der Waals surface area contributed by atoms with Gasteiger partial charge in [0.15, 0.2) is 18.5 Å². The van der Waals surface area contributed by atoms with Crippen molar-refractivity contribution in [1.29, 1.82) is 0 Å². The van der Waals surface area contributed by atoms with E-state index in [1.54, 1.807) is 6.26 Å². The number of nitrogens with zero attached hydrogens (tertiary/aromatic N) is 1. The van der Waals surface area contributed by atoms with Crippen molar-refractivity contribution in [1.82, 2.24) is 4.98 Å². The molecule has 0 amide bonds. The first-order valence-electron chi connectivity index (χ1n) is 8.82. The molecule has 3 heterocycles. The maximum Gasteiger partial charge on any atom is 0.272 e. The zero-order chi connectivity index (χ0) is 17.5. The van der Waals surface area contributed by atoms with Crippen LogP contribution in [0.1, 0.15) is 11.1 Å². The SMILES string of the molecule is Cc1ccc(C[n+]2ccc3c([nH]c4ccccc43)c2-c2ccco2)cc1.[Br-]. The summed E-state index contributed by atoms with van der Waals surface area (Å²) in [4.78, 5) is 3.59. The fourth-order valence-electron chi connectivity index (χ4n) is 3.61. The lowest BCUT2D eigenvalue weighted by Gasteiger charge is -2.04. The Morgan fingerprint density at radius 3 is 2.48 bits per heavy atom. The third-order valence-corrected chi connectivity index (χ3v) is 4.92. The Morgan fingerprint density at radius 1 is 0.889 bits per heavy atom. The Hall–Kier alpha value is -2.85. The van der Waals surface area contributed by atoms with E-state index in [0.717, 1.165) is 29.0 Å². The van der Waals surface area contributed by atoms with Gasteiger partial charge in [0, 0.05) is 27.9 Å². The maximum atomic E-state index is 5.78. The van der Waals surface area contributed by atoms with E-state index < -0.39 is 0 Å². The van der Waals surface area contributed by atoms with Crippen LogP contribution in [0, 0.1) is 6.92 Å². The molecular formula is C23H19BrN2O. The van der Waals surface area contributed by atoms with E-state index in [1.165, 1.54) is 21.9 Å². The Balaban J connectivity index is 0.00000180. The van der Waals surface area contributed by atoms with Crippen LogP contribution in [0.3, 0.4) is 0 Å². The summed E-state index contributed by atoms with van der Waals surface area (Å²) in [5.41, 5.74) is 5.86. The number of hydrogen-bond donors (Lipinski definition) is 1. The minimum Gasteiger partial charge on any atom is -1.00 e. The standard InChI is InChI=1S/C23H18N2O.BrH/c1-16-8-10-17(11-9-16)15-25-13-12-19-18-5-2-3-6-20(18)24-22(19)23(25)21-7-4-14-26-21;/h2-14H,15H2,1H3;1H. The normalized spacial score (nSPS) is 11.0. The van der Waals surface area contributed by atoms with Crippen molar-refractivity contribution in [3.8, 4) is 11.5 Å². The van der Waals surface area contributed by atoms with Gasteiger partial charge >= 0.3 is 0 Å². The maximum absolute atomic E-state index is 5.78. The van der Waals surface area contributed by atoms with E-state index >= 15 is 0 Å². The summed E-state index contributed by atoms with van der Waals surface area (Å²) in [5.74, 6) is 0.870. The van der Waals surface area contributed by atoms with Gasteiger partial charge in [0.1, 0.15) is 5.52 Å². The fourth-order valence-corrected chi connectivity index (χ4v) is 3.61. The van der Waals surface area contributed by atoms with Crippen LogP contribution in [0.4, 0.5) is 0 Å². The molecule has 0 bridgehead atoms. The molecule has 0 aliphatic carbocycles. The molecule has 0 saturated heterocycles. The van der Waals surface area contributed by atoms with Gasteiger partial charge in [0.2, 0.25) is 0 Å². The van der Waals surface area contributed by atoms with Gasteiger partial charge in [-0.15, -0.1) is 0 Å². The molecule has 4 heteroatoms. The fraction of sp³-hybridized carbons (Fsp3) is 0.0870. The molecule has 5 rings (SSSR count). The topological polar surface area (TPSA) is 32.8 Å². The van der Waals surface area contributed by atoms with Crippen molar-refractivity contribution >= 4 is 21.8 Å². The lowest BCUT2D eigenvalue weighted by molar-refractivity contribution is -0.676. The van der Waals surface area contributed by atoms with E-state index in [0.29, 0.717) is 0 Å². The number of hydrogen-bond acceptors (Lipinski definition) is 1. The van der Waals surface area contributed by atoms with Crippen LogP contribution in [0.5, 0.6) is 0 Å². The number of pyridine rings is 1. The minimum absolute atomic E-state index is 0. The molecule has 27 heavy (non-hydrogen) atoms. The molecule has 0 fully saturated rings. The molecule has 0 unspecified atom stereocenters. The van der Waals surface area contributed by atoms with Gasteiger partial charge in [0.25, 0.3) is 5.69 Å². The smallest absolute Gasteiger partial charge is 0.272 e. The van der Waals surface area contributed by atoms with E-state index in [9.17, 15) is 0 Å². The second kappa shape index (κ2) is 7.05. The monoisotopic (exact) mass is 418 g/mol.